The predicted octanol–water partition coefficient (Wildman–Crippen LogP) is 1.74. The molecule has 11 heavy (non-hydrogen) atoms. The third kappa shape index (κ3) is 9.87. The fourth-order valence-corrected chi connectivity index (χ4v) is 1.37. The molecule has 0 saturated heterocycles. The number of thioether (sulfide) groups is 1. The standard InChI is InChI=1S/C9H17NS/c1-3-5-7-10-8-6-9-11-4-2/h1,10H,4-9H2,2H3. The van der Waals surface area contributed by atoms with E-state index in [-0.39, 0.29) is 0 Å². The van der Waals surface area contributed by atoms with Crippen molar-refractivity contribution in [2.75, 3.05) is 24.6 Å². The van der Waals surface area contributed by atoms with Crippen molar-refractivity contribution in [3.8, 4) is 12.3 Å². The highest BCUT2D eigenvalue weighted by Crippen LogP contribution is 1.99. The average molecular weight is 171 g/mol. The molecule has 0 aromatic heterocycles. The SMILES string of the molecule is C#CCCNCCCSCC. The lowest BCUT2D eigenvalue weighted by molar-refractivity contribution is 0.686. The smallest absolute Gasteiger partial charge is 0.0211 e. The van der Waals surface area contributed by atoms with Gasteiger partial charge in [0, 0.05) is 13.0 Å². The quantitative estimate of drug-likeness (QED) is 0.462. The van der Waals surface area contributed by atoms with Crippen LogP contribution in [0.25, 0.3) is 0 Å². The Bertz CT molecular complexity index is 107. The molecule has 1 nitrogen and oxygen atoms in total. The first-order chi connectivity index (χ1) is 5.41. The van der Waals surface area contributed by atoms with Crippen LogP contribution in [0.4, 0.5) is 0 Å². The molecule has 0 aliphatic carbocycles. The van der Waals surface area contributed by atoms with Crippen molar-refractivity contribution < 1.29 is 0 Å². The lowest BCUT2D eigenvalue weighted by atomic mass is 10.4. The van der Waals surface area contributed by atoms with Crippen LogP contribution in [0.2, 0.25) is 0 Å². The lowest BCUT2D eigenvalue weighted by Gasteiger charge is -2.00. The number of nitrogens with one attached hydrogen (secondary N) is 1. The second-order valence-corrected chi connectivity index (χ2v) is 3.65. The fraction of sp³-hybridized carbons (Fsp3) is 0.778. The van der Waals surface area contributed by atoms with E-state index in [2.05, 4.69) is 18.2 Å². The van der Waals surface area contributed by atoms with Crippen molar-refractivity contribution in [1.29, 1.82) is 0 Å². The summed E-state index contributed by atoms with van der Waals surface area (Å²) in [5.74, 6) is 5.09. The minimum absolute atomic E-state index is 0.848. The molecule has 0 rings (SSSR count). The third-order valence-corrected chi connectivity index (χ3v) is 2.28. The minimum Gasteiger partial charge on any atom is -0.316 e. The summed E-state index contributed by atoms with van der Waals surface area (Å²) in [6.45, 7) is 4.26. The van der Waals surface area contributed by atoms with Gasteiger partial charge in [-0.2, -0.15) is 11.8 Å². The van der Waals surface area contributed by atoms with Gasteiger partial charge in [-0.05, 0) is 24.5 Å². The lowest BCUT2D eigenvalue weighted by Crippen LogP contribution is -2.16. The van der Waals surface area contributed by atoms with Gasteiger partial charge in [-0.3, -0.25) is 0 Å². The van der Waals surface area contributed by atoms with E-state index >= 15 is 0 Å². The highest BCUT2D eigenvalue weighted by atomic mass is 32.2. The van der Waals surface area contributed by atoms with Gasteiger partial charge in [0.2, 0.25) is 0 Å². The summed E-state index contributed by atoms with van der Waals surface area (Å²) in [6.07, 6.45) is 7.20. The Balaban J connectivity index is 2.75. The van der Waals surface area contributed by atoms with Gasteiger partial charge in [0.1, 0.15) is 0 Å². The average Bonchev–Trinajstić information content (AvgIpc) is 2.03. The van der Waals surface area contributed by atoms with Crippen LogP contribution in [-0.4, -0.2) is 24.6 Å². The maximum atomic E-state index is 5.10. The van der Waals surface area contributed by atoms with Crippen molar-refractivity contribution in [2.24, 2.45) is 0 Å². The summed E-state index contributed by atoms with van der Waals surface area (Å²) in [4.78, 5) is 0. The fourth-order valence-electron chi connectivity index (χ4n) is 0.729. The molecule has 0 amide bonds. The zero-order valence-electron chi connectivity index (χ0n) is 7.23. The maximum absolute atomic E-state index is 5.10. The first kappa shape index (κ1) is 10.9. The molecule has 1 N–H and O–H groups in total. The highest BCUT2D eigenvalue weighted by Gasteiger charge is 1.86. The summed E-state index contributed by atoms with van der Waals surface area (Å²) in [6, 6.07) is 0. The van der Waals surface area contributed by atoms with Crippen molar-refractivity contribution in [2.45, 2.75) is 19.8 Å². The molecule has 0 saturated carbocycles. The summed E-state index contributed by atoms with van der Waals surface area (Å²) < 4.78 is 0. The minimum atomic E-state index is 0.848. The van der Waals surface area contributed by atoms with E-state index in [9.17, 15) is 0 Å². The Morgan fingerprint density at radius 3 is 2.91 bits per heavy atom. The first-order valence-electron chi connectivity index (χ1n) is 4.13. The molecule has 2 heteroatoms. The molecular weight excluding hydrogens is 154 g/mol. The van der Waals surface area contributed by atoms with Crippen LogP contribution in [-0.2, 0) is 0 Å². The molecule has 0 fully saturated rings. The summed E-state index contributed by atoms with van der Waals surface area (Å²) >= 11 is 1.99. The van der Waals surface area contributed by atoms with Crippen molar-refractivity contribution in [3.63, 3.8) is 0 Å². The van der Waals surface area contributed by atoms with Gasteiger partial charge < -0.3 is 5.32 Å². The van der Waals surface area contributed by atoms with Crippen LogP contribution < -0.4 is 5.32 Å². The van der Waals surface area contributed by atoms with Crippen LogP contribution in [0.1, 0.15) is 19.8 Å². The van der Waals surface area contributed by atoms with Crippen LogP contribution in [0.3, 0.4) is 0 Å². The molecular formula is C9H17NS. The Labute approximate surface area is 74.3 Å². The van der Waals surface area contributed by atoms with Gasteiger partial charge in [-0.1, -0.05) is 6.92 Å². The topological polar surface area (TPSA) is 12.0 Å². The summed E-state index contributed by atoms with van der Waals surface area (Å²) in [7, 11) is 0. The van der Waals surface area contributed by atoms with Gasteiger partial charge >= 0.3 is 0 Å². The van der Waals surface area contributed by atoms with Crippen molar-refractivity contribution in [1.82, 2.24) is 5.32 Å². The highest BCUT2D eigenvalue weighted by molar-refractivity contribution is 7.99. The Morgan fingerprint density at radius 2 is 2.27 bits per heavy atom. The molecule has 0 aromatic carbocycles. The van der Waals surface area contributed by atoms with Crippen LogP contribution >= 0.6 is 11.8 Å². The Hall–Kier alpha value is -0.130. The molecule has 64 valence electrons. The van der Waals surface area contributed by atoms with E-state index < -0.39 is 0 Å². The van der Waals surface area contributed by atoms with Gasteiger partial charge in [-0.25, -0.2) is 0 Å². The number of terminal acetylenes is 1. The monoisotopic (exact) mass is 171 g/mol. The van der Waals surface area contributed by atoms with E-state index in [0.29, 0.717) is 0 Å². The first-order valence-corrected chi connectivity index (χ1v) is 5.29. The molecule has 0 aliphatic rings. The number of hydrogen-bond acceptors (Lipinski definition) is 2. The van der Waals surface area contributed by atoms with Crippen LogP contribution in [0.5, 0.6) is 0 Å². The molecule has 0 atom stereocenters. The van der Waals surface area contributed by atoms with Crippen LogP contribution in [0, 0.1) is 12.3 Å². The number of hydrogen-bond donors (Lipinski definition) is 1. The molecule has 0 aliphatic heterocycles. The normalized spacial score (nSPS) is 9.45. The molecule has 0 spiro atoms. The second-order valence-electron chi connectivity index (χ2n) is 2.25. The predicted molar refractivity (Wildman–Crippen MR) is 53.9 cm³/mol. The van der Waals surface area contributed by atoms with Gasteiger partial charge in [0.15, 0.2) is 0 Å². The largest absolute Gasteiger partial charge is 0.316 e. The van der Waals surface area contributed by atoms with Gasteiger partial charge in [0.05, 0.1) is 0 Å². The van der Waals surface area contributed by atoms with E-state index in [1.807, 2.05) is 11.8 Å². The Morgan fingerprint density at radius 1 is 1.45 bits per heavy atom. The van der Waals surface area contributed by atoms with Crippen molar-refractivity contribution >= 4 is 11.8 Å². The third-order valence-electron chi connectivity index (χ3n) is 1.29. The van der Waals surface area contributed by atoms with Crippen molar-refractivity contribution in [3.05, 3.63) is 0 Å². The molecule has 0 unspecified atom stereocenters. The Kier molecular flexibility index (Phi) is 9.75. The van der Waals surface area contributed by atoms with Crippen LogP contribution in [0.15, 0.2) is 0 Å². The van der Waals surface area contributed by atoms with E-state index in [1.54, 1.807) is 0 Å². The molecule has 0 radical (unpaired) electrons. The maximum Gasteiger partial charge on any atom is 0.0211 e. The zero-order valence-corrected chi connectivity index (χ0v) is 8.04. The van der Waals surface area contributed by atoms with E-state index in [4.69, 9.17) is 6.42 Å². The summed E-state index contributed by atoms with van der Waals surface area (Å²) in [5, 5.41) is 3.29. The van der Waals surface area contributed by atoms with Gasteiger partial charge in [-0.15, -0.1) is 12.3 Å². The molecule has 0 heterocycles. The molecule has 0 aromatic rings. The van der Waals surface area contributed by atoms with E-state index in [1.165, 1.54) is 17.9 Å². The van der Waals surface area contributed by atoms with E-state index in [0.717, 1.165) is 19.5 Å². The number of rotatable bonds is 7. The zero-order chi connectivity index (χ0) is 8.36. The summed E-state index contributed by atoms with van der Waals surface area (Å²) in [5.41, 5.74) is 0. The second kappa shape index (κ2) is 9.87. The molecule has 0 bridgehead atoms. The van der Waals surface area contributed by atoms with Gasteiger partial charge in [0.25, 0.3) is 0 Å².